The highest BCUT2D eigenvalue weighted by Gasteiger charge is 2.31. The van der Waals surface area contributed by atoms with Gasteiger partial charge in [0.2, 0.25) is 0 Å². The predicted molar refractivity (Wildman–Crippen MR) is 107 cm³/mol. The first-order valence-corrected chi connectivity index (χ1v) is 9.47. The maximum absolute atomic E-state index is 13.1. The number of amides is 1. The van der Waals surface area contributed by atoms with Crippen LogP contribution in [0.25, 0.3) is 11.0 Å². The molecule has 0 radical (unpaired) electrons. The fourth-order valence-electron chi connectivity index (χ4n) is 3.71. The van der Waals surface area contributed by atoms with E-state index in [1.165, 1.54) is 13.3 Å². The minimum absolute atomic E-state index is 0.0710. The van der Waals surface area contributed by atoms with Crippen LogP contribution in [0.15, 0.2) is 48.5 Å². The van der Waals surface area contributed by atoms with Gasteiger partial charge >= 0.3 is 11.6 Å². The molecule has 0 spiro atoms. The van der Waals surface area contributed by atoms with Gasteiger partial charge in [-0.1, -0.05) is 18.2 Å². The molecule has 1 N–H and O–H groups in total. The summed E-state index contributed by atoms with van der Waals surface area (Å²) >= 11 is 0. The van der Waals surface area contributed by atoms with E-state index >= 15 is 0 Å². The molecular formula is C21H22N4O3. The molecule has 7 nitrogen and oxygen atoms in total. The van der Waals surface area contributed by atoms with Crippen molar-refractivity contribution in [2.45, 2.75) is 26.2 Å². The molecule has 1 aliphatic heterocycles. The van der Waals surface area contributed by atoms with Gasteiger partial charge in [-0.15, -0.1) is 4.73 Å². The van der Waals surface area contributed by atoms with Crippen molar-refractivity contribution in [1.82, 2.24) is 0 Å². The first-order valence-electron chi connectivity index (χ1n) is 9.47. The number of carbonyl (C=O) groups excluding carboxylic acids is 1. The van der Waals surface area contributed by atoms with Gasteiger partial charge in [-0.25, -0.2) is 0 Å². The van der Waals surface area contributed by atoms with E-state index in [9.17, 15) is 15.2 Å². The van der Waals surface area contributed by atoms with Gasteiger partial charge in [0.25, 0.3) is 16.7 Å². The van der Waals surface area contributed by atoms with Crippen LogP contribution in [0.2, 0.25) is 0 Å². The second kappa shape index (κ2) is 7.34. The Bertz CT molecular complexity index is 1030. The molecule has 3 aromatic rings. The number of hydrogen-bond donors (Lipinski definition) is 1. The van der Waals surface area contributed by atoms with E-state index in [-0.39, 0.29) is 22.4 Å². The van der Waals surface area contributed by atoms with E-state index in [0.29, 0.717) is 15.1 Å². The van der Waals surface area contributed by atoms with E-state index < -0.39 is 5.91 Å². The average molecular weight is 378 g/mol. The molecule has 1 fully saturated rings. The van der Waals surface area contributed by atoms with Gasteiger partial charge in [-0.2, -0.15) is 4.73 Å². The maximum atomic E-state index is 13.1. The van der Waals surface area contributed by atoms with Crippen molar-refractivity contribution < 1.29 is 14.3 Å². The highest BCUT2D eigenvalue weighted by Crippen LogP contribution is 2.23. The van der Waals surface area contributed by atoms with Crippen molar-refractivity contribution in [3.05, 3.63) is 70.3 Å². The summed E-state index contributed by atoms with van der Waals surface area (Å²) in [6.07, 6.45) is 3.42. The summed E-state index contributed by atoms with van der Waals surface area (Å²) in [7, 11) is 0. The van der Waals surface area contributed by atoms with Crippen molar-refractivity contribution >= 4 is 28.3 Å². The summed E-state index contributed by atoms with van der Waals surface area (Å²) in [5.41, 5.74) is 1.79. The number of carbonyl (C=O) groups is 1. The van der Waals surface area contributed by atoms with Crippen molar-refractivity contribution in [3.63, 3.8) is 0 Å². The summed E-state index contributed by atoms with van der Waals surface area (Å²) in [5, 5.41) is 28.5. The van der Waals surface area contributed by atoms with Gasteiger partial charge in [-0.3, -0.25) is 4.79 Å². The van der Waals surface area contributed by atoms with Crippen molar-refractivity contribution in [2.24, 2.45) is 0 Å². The maximum Gasteiger partial charge on any atom is 0.351 e. The molecule has 0 saturated carbocycles. The van der Waals surface area contributed by atoms with Gasteiger partial charge in [0.1, 0.15) is 0 Å². The Hall–Kier alpha value is -3.35. The number of piperidine rings is 1. The lowest BCUT2D eigenvalue weighted by molar-refractivity contribution is -0.635. The van der Waals surface area contributed by atoms with Crippen LogP contribution in [-0.2, 0) is 0 Å². The highest BCUT2D eigenvalue weighted by molar-refractivity contribution is 6.02. The molecule has 28 heavy (non-hydrogen) atoms. The number of aromatic nitrogens is 2. The zero-order chi connectivity index (χ0) is 19.7. The van der Waals surface area contributed by atoms with E-state index in [4.69, 9.17) is 0 Å². The fraction of sp³-hybridized carbons (Fsp3) is 0.286. The topological polar surface area (TPSA) is 86.2 Å². The molecule has 2 heterocycles. The van der Waals surface area contributed by atoms with Crippen molar-refractivity contribution in [1.29, 1.82) is 0 Å². The number of para-hydroxylation sites is 1. The molecule has 144 valence electrons. The number of benzene rings is 2. The van der Waals surface area contributed by atoms with E-state index in [1.807, 2.05) is 12.1 Å². The Morgan fingerprint density at radius 1 is 0.964 bits per heavy atom. The van der Waals surface area contributed by atoms with Crippen LogP contribution in [-0.4, -0.2) is 19.0 Å². The van der Waals surface area contributed by atoms with Crippen LogP contribution in [0.1, 0.15) is 35.4 Å². The fourth-order valence-corrected chi connectivity index (χ4v) is 3.71. The summed E-state index contributed by atoms with van der Waals surface area (Å²) in [6.45, 7) is 3.34. The van der Waals surface area contributed by atoms with Gasteiger partial charge < -0.3 is 20.6 Å². The highest BCUT2D eigenvalue weighted by atomic mass is 16.5. The number of nitrogens with one attached hydrogen (secondary N) is 1. The van der Waals surface area contributed by atoms with E-state index in [1.54, 1.807) is 36.4 Å². The van der Waals surface area contributed by atoms with Gasteiger partial charge in [-0.05, 0) is 37.5 Å². The third-order valence-electron chi connectivity index (χ3n) is 5.21. The molecule has 7 heteroatoms. The number of anilines is 2. The minimum Gasteiger partial charge on any atom is -0.618 e. The van der Waals surface area contributed by atoms with Gasteiger partial charge in [0.05, 0.1) is 0 Å². The quantitative estimate of drug-likeness (QED) is 0.561. The van der Waals surface area contributed by atoms with Gasteiger partial charge in [0.15, 0.2) is 0 Å². The largest absolute Gasteiger partial charge is 0.618 e. The lowest BCUT2D eigenvalue weighted by atomic mass is 10.1. The van der Waals surface area contributed by atoms with Crippen LogP contribution >= 0.6 is 0 Å². The zero-order valence-corrected chi connectivity index (χ0v) is 15.7. The first kappa shape index (κ1) is 18.0. The normalized spacial score (nSPS) is 14.2. The van der Waals surface area contributed by atoms with E-state index in [0.717, 1.165) is 31.6 Å². The average Bonchev–Trinajstić information content (AvgIpc) is 2.73. The van der Waals surface area contributed by atoms with Crippen LogP contribution < -0.4 is 19.7 Å². The molecular weight excluding hydrogens is 356 g/mol. The molecule has 2 aromatic carbocycles. The molecule has 0 unspecified atom stereocenters. The summed E-state index contributed by atoms with van der Waals surface area (Å²) < 4.78 is 1.23. The molecule has 0 atom stereocenters. The molecule has 4 rings (SSSR count). The number of hydrogen-bond acceptors (Lipinski definition) is 4. The van der Waals surface area contributed by atoms with Crippen LogP contribution in [0.5, 0.6) is 0 Å². The third kappa shape index (κ3) is 3.19. The zero-order valence-electron chi connectivity index (χ0n) is 15.7. The number of rotatable bonds is 3. The molecule has 0 bridgehead atoms. The van der Waals surface area contributed by atoms with Crippen LogP contribution in [0.4, 0.5) is 11.4 Å². The predicted octanol–water partition coefficient (Wildman–Crippen LogP) is 2.66. The SMILES string of the molecule is Cc1c(C(=O)Nc2ccccc2)[n+]([O-])c2cc(N3CCCCC3)ccc2[n+]1[O-]. The monoisotopic (exact) mass is 378 g/mol. The third-order valence-corrected chi connectivity index (χ3v) is 5.21. The molecule has 1 aromatic heterocycles. The number of nitrogens with zero attached hydrogens (tertiary/aromatic N) is 3. The first-order chi connectivity index (χ1) is 13.6. The standard InChI is InChI=1S/C21H22N4O3/c1-15-20(21(26)22-16-8-4-2-5-9-16)25(28)19-14-17(10-11-18(19)24(15)27)23-12-6-3-7-13-23/h2,4-5,8-11,14H,3,6-7,12-13H2,1H3,(H,22,26). The lowest BCUT2D eigenvalue weighted by Gasteiger charge is -2.28. The second-order valence-corrected chi connectivity index (χ2v) is 7.06. The van der Waals surface area contributed by atoms with Crippen molar-refractivity contribution in [2.75, 3.05) is 23.3 Å². The molecule has 1 aliphatic rings. The Kier molecular flexibility index (Phi) is 4.73. The molecule has 1 saturated heterocycles. The summed E-state index contributed by atoms with van der Waals surface area (Å²) in [6, 6.07) is 14.1. The number of fused-ring (bicyclic) bond motifs is 1. The van der Waals surface area contributed by atoms with Crippen molar-refractivity contribution in [3.8, 4) is 0 Å². The Labute approximate surface area is 163 Å². The van der Waals surface area contributed by atoms with Crippen LogP contribution in [0, 0.1) is 17.3 Å². The Morgan fingerprint density at radius 3 is 2.39 bits per heavy atom. The van der Waals surface area contributed by atoms with E-state index in [2.05, 4.69) is 10.2 Å². The summed E-state index contributed by atoms with van der Waals surface area (Å²) in [4.78, 5) is 15.0. The molecule has 1 amide bonds. The molecule has 0 aliphatic carbocycles. The lowest BCUT2D eigenvalue weighted by Crippen LogP contribution is -2.47. The van der Waals surface area contributed by atoms with Crippen LogP contribution in [0.3, 0.4) is 0 Å². The smallest absolute Gasteiger partial charge is 0.351 e. The Morgan fingerprint density at radius 2 is 1.68 bits per heavy atom. The Balaban J connectivity index is 1.78. The second-order valence-electron chi connectivity index (χ2n) is 7.06. The minimum atomic E-state index is -0.603. The summed E-state index contributed by atoms with van der Waals surface area (Å²) in [5.74, 6) is -0.603. The van der Waals surface area contributed by atoms with Gasteiger partial charge in [0, 0.05) is 43.5 Å².